The highest BCUT2D eigenvalue weighted by molar-refractivity contribution is 7.89. The summed E-state index contributed by atoms with van der Waals surface area (Å²) in [6.45, 7) is 8.09. The normalized spacial score (nSPS) is 12.9. The number of carbonyl (C=O) groups excluding carboxylic acids is 1. The van der Waals surface area contributed by atoms with E-state index in [1.54, 1.807) is 25.1 Å². The number of anilines is 1. The smallest absolute Gasteiger partial charge is 0.248 e. The molecule has 0 unspecified atom stereocenters. The lowest BCUT2D eigenvalue weighted by atomic mass is 10.0. The Labute approximate surface area is 173 Å². The molecule has 2 aromatic carbocycles. The first kappa shape index (κ1) is 22.8. The fourth-order valence-electron chi connectivity index (χ4n) is 2.85. The van der Waals surface area contributed by atoms with Crippen molar-refractivity contribution in [3.05, 3.63) is 64.7 Å². The molecule has 6 nitrogen and oxygen atoms in total. The number of hydrogen-bond donors (Lipinski definition) is 2. The van der Waals surface area contributed by atoms with Gasteiger partial charge in [-0.15, -0.1) is 0 Å². The number of aryl methyl sites for hydroxylation is 3. The molecule has 7 heteroatoms. The van der Waals surface area contributed by atoms with Crippen molar-refractivity contribution in [3.63, 3.8) is 0 Å². The summed E-state index contributed by atoms with van der Waals surface area (Å²) in [5.41, 5.74) is 4.98. The van der Waals surface area contributed by atoms with Crippen molar-refractivity contribution < 1.29 is 17.9 Å². The molecule has 1 amide bonds. The summed E-state index contributed by atoms with van der Waals surface area (Å²) in [6, 6.07) is 9.82. The van der Waals surface area contributed by atoms with Crippen molar-refractivity contribution >= 4 is 27.7 Å². The third kappa shape index (κ3) is 6.52. The van der Waals surface area contributed by atoms with E-state index >= 15 is 0 Å². The van der Waals surface area contributed by atoms with Gasteiger partial charge in [0.15, 0.2) is 0 Å². The molecule has 29 heavy (non-hydrogen) atoms. The van der Waals surface area contributed by atoms with Crippen LogP contribution in [0.5, 0.6) is 0 Å². The Bertz CT molecular complexity index is 996. The SMILES string of the molecule is COC[C@@H](C)NS(=O)(=O)c1ccc(NC(=O)/C=C/c2cc(C)c(C)cc2C)cc1. The molecule has 0 aromatic heterocycles. The van der Waals surface area contributed by atoms with Gasteiger partial charge in [0.05, 0.1) is 11.5 Å². The van der Waals surface area contributed by atoms with Gasteiger partial charge in [-0.2, -0.15) is 0 Å². The zero-order valence-electron chi connectivity index (χ0n) is 17.4. The van der Waals surface area contributed by atoms with Crippen LogP contribution in [0.2, 0.25) is 0 Å². The summed E-state index contributed by atoms with van der Waals surface area (Å²) < 4.78 is 32.1. The lowest BCUT2D eigenvalue weighted by Crippen LogP contribution is -2.35. The highest BCUT2D eigenvalue weighted by Crippen LogP contribution is 2.17. The standard InChI is InChI=1S/C22H28N2O4S/c1-15-12-17(3)19(13-16(15)2)6-11-22(25)23-20-7-9-21(10-8-20)29(26,27)24-18(4)14-28-5/h6-13,18,24H,14H2,1-5H3,(H,23,25)/b11-6+/t18-/m1/s1. The van der Waals surface area contributed by atoms with Crippen LogP contribution in [-0.2, 0) is 19.6 Å². The third-order valence-corrected chi connectivity index (χ3v) is 6.11. The molecule has 0 aliphatic carbocycles. The van der Waals surface area contributed by atoms with E-state index in [0.717, 1.165) is 11.1 Å². The quantitative estimate of drug-likeness (QED) is 0.644. The van der Waals surface area contributed by atoms with Crippen LogP contribution < -0.4 is 10.0 Å². The van der Waals surface area contributed by atoms with Gasteiger partial charge >= 0.3 is 0 Å². The minimum atomic E-state index is -3.64. The third-order valence-electron chi connectivity index (χ3n) is 4.50. The van der Waals surface area contributed by atoms with Gasteiger partial charge in [-0.05, 0) is 80.3 Å². The first-order valence-electron chi connectivity index (χ1n) is 9.30. The van der Waals surface area contributed by atoms with Gasteiger partial charge in [0, 0.05) is 24.9 Å². The predicted molar refractivity (Wildman–Crippen MR) is 116 cm³/mol. The van der Waals surface area contributed by atoms with E-state index in [9.17, 15) is 13.2 Å². The van der Waals surface area contributed by atoms with Crippen LogP contribution in [0.25, 0.3) is 6.08 Å². The summed E-state index contributed by atoms with van der Waals surface area (Å²) in [5.74, 6) is -0.287. The van der Waals surface area contributed by atoms with Gasteiger partial charge < -0.3 is 10.1 Å². The number of ether oxygens (including phenoxy) is 1. The predicted octanol–water partition coefficient (Wildman–Crippen LogP) is 3.58. The zero-order valence-corrected chi connectivity index (χ0v) is 18.3. The highest BCUT2D eigenvalue weighted by Gasteiger charge is 2.17. The maximum absolute atomic E-state index is 12.3. The fourth-order valence-corrected chi connectivity index (χ4v) is 4.07. The molecule has 0 fully saturated rings. The molecular weight excluding hydrogens is 388 g/mol. The Morgan fingerprint density at radius 2 is 1.69 bits per heavy atom. The van der Waals surface area contributed by atoms with Gasteiger partial charge in [0.25, 0.3) is 0 Å². The van der Waals surface area contributed by atoms with E-state index in [4.69, 9.17) is 4.74 Å². The minimum absolute atomic E-state index is 0.125. The molecule has 1 atom stereocenters. The van der Waals surface area contributed by atoms with Gasteiger partial charge in [-0.1, -0.05) is 12.1 Å². The monoisotopic (exact) mass is 416 g/mol. The topological polar surface area (TPSA) is 84.5 Å². The highest BCUT2D eigenvalue weighted by atomic mass is 32.2. The second-order valence-corrected chi connectivity index (χ2v) is 8.83. The van der Waals surface area contributed by atoms with Crippen LogP contribution in [0.4, 0.5) is 5.69 Å². The van der Waals surface area contributed by atoms with Crippen LogP contribution in [0, 0.1) is 20.8 Å². The van der Waals surface area contributed by atoms with Crippen LogP contribution in [-0.4, -0.2) is 34.1 Å². The number of sulfonamides is 1. The number of nitrogens with one attached hydrogen (secondary N) is 2. The number of carbonyl (C=O) groups is 1. The van der Waals surface area contributed by atoms with Crippen LogP contribution >= 0.6 is 0 Å². The zero-order chi connectivity index (χ0) is 21.6. The van der Waals surface area contributed by atoms with Crippen LogP contribution in [0.15, 0.2) is 47.4 Å². The van der Waals surface area contributed by atoms with Gasteiger partial charge in [-0.3, -0.25) is 4.79 Å². The van der Waals surface area contributed by atoms with E-state index in [1.807, 2.05) is 19.9 Å². The molecule has 0 saturated carbocycles. The number of methoxy groups -OCH3 is 1. The second kappa shape index (κ2) is 9.82. The van der Waals surface area contributed by atoms with E-state index in [0.29, 0.717) is 5.69 Å². The molecule has 0 aliphatic heterocycles. The van der Waals surface area contributed by atoms with E-state index in [-0.39, 0.29) is 23.5 Å². The van der Waals surface area contributed by atoms with E-state index in [2.05, 4.69) is 23.0 Å². The summed E-state index contributed by atoms with van der Waals surface area (Å²) in [7, 11) is -2.13. The summed E-state index contributed by atoms with van der Waals surface area (Å²) in [5, 5.41) is 2.74. The summed E-state index contributed by atoms with van der Waals surface area (Å²) in [6.07, 6.45) is 3.24. The molecule has 0 heterocycles. The van der Waals surface area contributed by atoms with Gasteiger partial charge in [-0.25, -0.2) is 13.1 Å². The largest absolute Gasteiger partial charge is 0.383 e. The van der Waals surface area contributed by atoms with Crippen molar-refractivity contribution in [2.45, 2.75) is 38.6 Å². The molecule has 0 saturated heterocycles. The first-order chi connectivity index (χ1) is 13.6. The average Bonchev–Trinajstić information content (AvgIpc) is 2.64. The number of amides is 1. The van der Waals surface area contributed by atoms with Gasteiger partial charge in [0.2, 0.25) is 15.9 Å². The molecule has 0 radical (unpaired) electrons. The lowest BCUT2D eigenvalue weighted by molar-refractivity contribution is -0.111. The first-order valence-corrected chi connectivity index (χ1v) is 10.8. The number of rotatable bonds is 8. The van der Waals surface area contributed by atoms with Crippen molar-refractivity contribution in [2.24, 2.45) is 0 Å². The molecule has 156 valence electrons. The Morgan fingerprint density at radius 3 is 2.31 bits per heavy atom. The van der Waals surface area contributed by atoms with E-state index in [1.165, 1.54) is 36.4 Å². The fraction of sp³-hybridized carbons (Fsp3) is 0.318. The summed E-state index contributed by atoms with van der Waals surface area (Å²) >= 11 is 0. The molecular formula is C22H28N2O4S. The molecule has 2 aromatic rings. The molecule has 2 N–H and O–H groups in total. The number of benzene rings is 2. The van der Waals surface area contributed by atoms with Gasteiger partial charge in [0.1, 0.15) is 0 Å². The minimum Gasteiger partial charge on any atom is -0.383 e. The van der Waals surface area contributed by atoms with E-state index < -0.39 is 10.0 Å². The molecule has 2 rings (SSSR count). The maximum atomic E-state index is 12.3. The summed E-state index contributed by atoms with van der Waals surface area (Å²) in [4.78, 5) is 12.3. The Kier molecular flexibility index (Phi) is 7.73. The van der Waals surface area contributed by atoms with Crippen molar-refractivity contribution in [2.75, 3.05) is 19.0 Å². The Morgan fingerprint density at radius 1 is 1.07 bits per heavy atom. The second-order valence-electron chi connectivity index (χ2n) is 7.12. The van der Waals surface area contributed by atoms with Crippen molar-refractivity contribution in [1.82, 2.24) is 4.72 Å². The Balaban J connectivity index is 2.04. The van der Waals surface area contributed by atoms with Crippen LogP contribution in [0.1, 0.15) is 29.2 Å². The average molecular weight is 417 g/mol. The maximum Gasteiger partial charge on any atom is 0.248 e. The number of hydrogen-bond acceptors (Lipinski definition) is 4. The lowest BCUT2D eigenvalue weighted by Gasteiger charge is -2.13. The van der Waals surface area contributed by atoms with Crippen molar-refractivity contribution in [1.29, 1.82) is 0 Å². The van der Waals surface area contributed by atoms with Crippen LogP contribution in [0.3, 0.4) is 0 Å². The molecule has 0 spiro atoms. The van der Waals surface area contributed by atoms with Crippen molar-refractivity contribution in [3.8, 4) is 0 Å². The molecule has 0 aliphatic rings. The molecule has 0 bridgehead atoms. The Hall–Kier alpha value is -2.48.